The number of hydrogen-bond acceptors (Lipinski definition) is 5. The molecular weight excluding hydrogens is 350 g/mol. The number of thiophene rings is 1. The Kier molecular flexibility index (Phi) is 3.84. The molecule has 1 aromatic heterocycles. The molecule has 1 amide bonds. The van der Waals surface area contributed by atoms with Crippen molar-refractivity contribution in [2.24, 2.45) is 0 Å². The lowest BCUT2D eigenvalue weighted by molar-refractivity contribution is 0.101. The van der Waals surface area contributed by atoms with E-state index in [4.69, 9.17) is 0 Å². The zero-order valence-electron chi connectivity index (χ0n) is 13.2. The molecule has 9 heteroatoms. The maximum Gasteiger partial charge on any atom is 0.326 e. The van der Waals surface area contributed by atoms with Crippen LogP contribution < -0.4 is 13.9 Å². The molecule has 0 atom stereocenters. The number of amides is 1. The van der Waals surface area contributed by atoms with E-state index < -0.39 is 10.2 Å². The quantitative estimate of drug-likeness (QED) is 0.846. The van der Waals surface area contributed by atoms with Crippen LogP contribution in [0.1, 0.15) is 26.3 Å². The highest BCUT2D eigenvalue weighted by atomic mass is 32.2. The van der Waals surface area contributed by atoms with Gasteiger partial charge in [-0.25, -0.2) is 0 Å². The van der Waals surface area contributed by atoms with Crippen LogP contribution in [0.5, 0.6) is 0 Å². The Bertz CT molecular complexity index is 949. The Morgan fingerprint density at radius 3 is 2.25 bits per heavy atom. The second-order valence-corrected chi connectivity index (χ2v) is 8.40. The molecular formula is C15H15N3O4S2. The second-order valence-electron chi connectivity index (χ2n) is 5.32. The maximum absolute atomic E-state index is 12.3. The predicted molar refractivity (Wildman–Crippen MR) is 94.4 cm³/mol. The molecule has 0 fully saturated rings. The van der Waals surface area contributed by atoms with E-state index in [0.29, 0.717) is 26.8 Å². The van der Waals surface area contributed by atoms with Crippen LogP contribution in [0.4, 0.5) is 17.1 Å². The summed E-state index contributed by atoms with van der Waals surface area (Å²) in [4.78, 5) is 24.5. The molecule has 0 saturated carbocycles. The van der Waals surface area contributed by atoms with Crippen molar-refractivity contribution in [2.75, 3.05) is 28.0 Å². The first-order chi connectivity index (χ1) is 11.2. The second kappa shape index (κ2) is 5.60. The van der Waals surface area contributed by atoms with Crippen LogP contribution in [0.15, 0.2) is 30.3 Å². The Balaban J connectivity index is 1.86. The smallest absolute Gasteiger partial charge is 0.321 e. The van der Waals surface area contributed by atoms with Gasteiger partial charge >= 0.3 is 10.2 Å². The minimum atomic E-state index is -3.55. The van der Waals surface area contributed by atoms with Crippen molar-refractivity contribution < 1.29 is 18.0 Å². The average molecular weight is 365 g/mol. The van der Waals surface area contributed by atoms with Gasteiger partial charge in [0.05, 0.1) is 21.1 Å². The first-order valence-electron chi connectivity index (χ1n) is 7.01. The van der Waals surface area contributed by atoms with E-state index in [-0.39, 0.29) is 11.7 Å². The molecule has 0 radical (unpaired) electrons. The van der Waals surface area contributed by atoms with Gasteiger partial charge in [-0.2, -0.15) is 8.42 Å². The van der Waals surface area contributed by atoms with Gasteiger partial charge in [0, 0.05) is 19.8 Å². The highest BCUT2D eigenvalue weighted by Crippen LogP contribution is 2.40. The lowest BCUT2D eigenvalue weighted by Gasteiger charge is -2.13. The Morgan fingerprint density at radius 1 is 1.00 bits per heavy atom. The first kappa shape index (κ1) is 16.5. The molecule has 2 aromatic rings. The lowest BCUT2D eigenvalue weighted by atomic mass is 10.2. The molecule has 0 spiro atoms. The molecule has 1 aliphatic rings. The number of hydrogen-bond donors (Lipinski definition) is 1. The number of benzene rings is 1. The van der Waals surface area contributed by atoms with Gasteiger partial charge in [-0.15, -0.1) is 11.3 Å². The van der Waals surface area contributed by atoms with E-state index in [0.717, 1.165) is 15.6 Å². The monoisotopic (exact) mass is 365 g/mol. The molecule has 2 heterocycles. The Hall–Kier alpha value is -2.39. The summed E-state index contributed by atoms with van der Waals surface area (Å²) < 4.78 is 26.6. The van der Waals surface area contributed by atoms with Gasteiger partial charge in [-0.05, 0) is 37.3 Å². The first-order valence-corrected chi connectivity index (χ1v) is 9.22. The van der Waals surface area contributed by atoms with Crippen molar-refractivity contribution in [3.05, 3.63) is 40.1 Å². The van der Waals surface area contributed by atoms with E-state index in [1.54, 1.807) is 30.3 Å². The van der Waals surface area contributed by atoms with Gasteiger partial charge in [0.2, 0.25) is 0 Å². The third-order valence-electron chi connectivity index (χ3n) is 3.78. The fourth-order valence-corrected chi connectivity index (χ4v) is 4.36. The lowest BCUT2D eigenvalue weighted by Crippen LogP contribution is -2.32. The van der Waals surface area contributed by atoms with Crippen LogP contribution in [0.2, 0.25) is 0 Å². The highest BCUT2D eigenvalue weighted by Gasteiger charge is 2.35. The van der Waals surface area contributed by atoms with Crippen LogP contribution in [0, 0.1) is 0 Å². The fourth-order valence-electron chi connectivity index (χ4n) is 2.39. The number of ketones is 1. The normalized spacial score (nSPS) is 15.3. The summed E-state index contributed by atoms with van der Waals surface area (Å²) in [5.74, 6) is -0.434. The summed E-state index contributed by atoms with van der Waals surface area (Å²) in [6.07, 6.45) is 0. The van der Waals surface area contributed by atoms with Gasteiger partial charge < -0.3 is 5.32 Å². The highest BCUT2D eigenvalue weighted by molar-refractivity contribution is 7.94. The number of rotatable bonds is 3. The topological polar surface area (TPSA) is 86.8 Å². The van der Waals surface area contributed by atoms with Crippen LogP contribution in [-0.4, -0.2) is 34.2 Å². The molecule has 24 heavy (non-hydrogen) atoms. The standard InChI is InChI=1S/C15H15N3O4S2/c1-9(19)13-6-7-14(23-13)15(20)16-10-4-5-11-12(8-10)18(3)24(21,22)17(11)2/h4-8H,1-3H3,(H,16,20). The van der Waals surface area contributed by atoms with Crippen molar-refractivity contribution in [2.45, 2.75) is 6.92 Å². The zero-order valence-corrected chi connectivity index (χ0v) is 14.9. The summed E-state index contributed by atoms with van der Waals surface area (Å²) in [5.41, 5.74) is 1.52. The summed E-state index contributed by atoms with van der Waals surface area (Å²) in [6, 6.07) is 8.09. The number of anilines is 3. The zero-order chi connectivity index (χ0) is 17.6. The number of carbonyl (C=O) groups is 2. The van der Waals surface area contributed by atoms with Gasteiger partial charge in [-0.3, -0.25) is 18.2 Å². The van der Waals surface area contributed by atoms with E-state index in [1.807, 2.05) is 0 Å². The van der Waals surface area contributed by atoms with Crippen LogP contribution in [0.25, 0.3) is 0 Å². The molecule has 0 bridgehead atoms. The Morgan fingerprint density at radius 2 is 1.62 bits per heavy atom. The van der Waals surface area contributed by atoms with Crippen LogP contribution in [0.3, 0.4) is 0 Å². The van der Waals surface area contributed by atoms with Crippen molar-refractivity contribution >= 4 is 50.3 Å². The molecule has 3 rings (SSSR count). The van der Waals surface area contributed by atoms with Crippen LogP contribution >= 0.6 is 11.3 Å². The summed E-state index contributed by atoms with van der Waals surface area (Å²) in [6.45, 7) is 1.45. The van der Waals surface area contributed by atoms with Crippen molar-refractivity contribution in [3.63, 3.8) is 0 Å². The molecule has 1 aliphatic heterocycles. The number of nitrogens with zero attached hydrogens (tertiary/aromatic N) is 2. The van der Waals surface area contributed by atoms with Crippen molar-refractivity contribution in [1.82, 2.24) is 0 Å². The van der Waals surface area contributed by atoms with Crippen molar-refractivity contribution in [3.8, 4) is 0 Å². The molecule has 0 saturated heterocycles. The van der Waals surface area contributed by atoms with Crippen molar-refractivity contribution in [1.29, 1.82) is 0 Å². The van der Waals surface area contributed by atoms with Crippen LogP contribution in [-0.2, 0) is 10.2 Å². The van der Waals surface area contributed by atoms with E-state index in [1.165, 1.54) is 25.3 Å². The Labute approximate surface area is 143 Å². The largest absolute Gasteiger partial charge is 0.326 e. The number of fused-ring (bicyclic) bond motifs is 1. The third kappa shape index (κ3) is 2.55. The number of nitrogens with one attached hydrogen (secondary N) is 1. The predicted octanol–water partition coefficient (Wildman–Crippen LogP) is 2.33. The van der Waals surface area contributed by atoms with E-state index >= 15 is 0 Å². The number of carbonyl (C=O) groups excluding carboxylic acids is 2. The van der Waals surface area contributed by atoms with Gasteiger partial charge in [0.1, 0.15) is 0 Å². The fraction of sp³-hybridized carbons (Fsp3) is 0.200. The average Bonchev–Trinajstić information content (AvgIpc) is 3.08. The van der Waals surface area contributed by atoms with Gasteiger partial charge in [-0.1, -0.05) is 0 Å². The molecule has 7 nitrogen and oxygen atoms in total. The summed E-state index contributed by atoms with van der Waals surface area (Å²) in [7, 11) is -0.611. The molecule has 0 unspecified atom stereocenters. The molecule has 126 valence electrons. The van der Waals surface area contributed by atoms with Gasteiger partial charge in [0.15, 0.2) is 5.78 Å². The SMILES string of the molecule is CC(=O)c1ccc(C(=O)Nc2ccc3c(c2)N(C)S(=O)(=O)N3C)s1. The minimum Gasteiger partial charge on any atom is -0.321 e. The molecule has 0 aliphatic carbocycles. The summed E-state index contributed by atoms with van der Waals surface area (Å²) >= 11 is 1.12. The van der Waals surface area contributed by atoms with E-state index in [2.05, 4.69) is 5.32 Å². The maximum atomic E-state index is 12.3. The third-order valence-corrected chi connectivity index (χ3v) is 6.74. The van der Waals surface area contributed by atoms with E-state index in [9.17, 15) is 18.0 Å². The molecule has 1 N–H and O–H groups in total. The van der Waals surface area contributed by atoms with Gasteiger partial charge in [0.25, 0.3) is 5.91 Å². The minimum absolute atomic E-state index is 0.0913. The number of Topliss-reactive ketones (excluding diaryl/α,β-unsaturated/α-hetero) is 1. The summed E-state index contributed by atoms with van der Waals surface area (Å²) in [5, 5.41) is 2.72. The molecule has 1 aromatic carbocycles.